The van der Waals surface area contributed by atoms with Crippen molar-refractivity contribution in [3.05, 3.63) is 70.6 Å². The molecular formula is C18H14F2N2OS. The van der Waals surface area contributed by atoms with Gasteiger partial charge in [0.05, 0.1) is 12.1 Å². The van der Waals surface area contributed by atoms with Crippen molar-refractivity contribution in [3.63, 3.8) is 0 Å². The van der Waals surface area contributed by atoms with Crippen LogP contribution >= 0.6 is 11.3 Å². The molecule has 0 radical (unpaired) electrons. The van der Waals surface area contributed by atoms with E-state index in [-0.39, 0.29) is 24.0 Å². The number of rotatable bonds is 4. The molecule has 0 saturated carbocycles. The second-order valence-electron chi connectivity index (χ2n) is 5.28. The number of thiazole rings is 1. The summed E-state index contributed by atoms with van der Waals surface area (Å²) < 4.78 is 25.9. The lowest BCUT2D eigenvalue weighted by atomic mass is 10.1. The van der Waals surface area contributed by atoms with Crippen LogP contribution in [-0.4, -0.2) is 10.9 Å². The molecular weight excluding hydrogens is 330 g/mol. The van der Waals surface area contributed by atoms with E-state index >= 15 is 0 Å². The van der Waals surface area contributed by atoms with Gasteiger partial charge >= 0.3 is 0 Å². The number of hydrogen-bond donors (Lipinski definition) is 1. The Kier molecular flexibility index (Phi) is 4.66. The molecule has 0 fully saturated rings. The maximum atomic E-state index is 13.0. The van der Waals surface area contributed by atoms with Gasteiger partial charge in [0.25, 0.3) is 0 Å². The molecule has 0 atom stereocenters. The molecule has 6 heteroatoms. The lowest BCUT2D eigenvalue weighted by Crippen LogP contribution is -2.14. The molecule has 3 rings (SSSR count). The third-order valence-electron chi connectivity index (χ3n) is 3.44. The third-order valence-corrected chi connectivity index (χ3v) is 4.32. The second-order valence-corrected chi connectivity index (χ2v) is 6.49. The minimum absolute atomic E-state index is 0.144. The van der Waals surface area contributed by atoms with Crippen molar-refractivity contribution in [2.75, 3.05) is 5.32 Å². The summed E-state index contributed by atoms with van der Waals surface area (Å²) in [6.45, 7) is 1.89. The van der Waals surface area contributed by atoms with Gasteiger partial charge in [0.2, 0.25) is 5.91 Å². The van der Waals surface area contributed by atoms with E-state index in [1.165, 1.54) is 35.6 Å². The van der Waals surface area contributed by atoms with Crippen LogP contribution in [0.3, 0.4) is 0 Å². The van der Waals surface area contributed by atoms with Crippen molar-refractivity contribution < 1.29 is 13.6 Å². The van der Waals surface area contributed by atoms with E-state index in [9.17, 15) is 13.6 Å². The van der Waals surface area contributed by atoms with Crippen molar-refractivity contribution in [2.45, 2.75) is 13.3 Å². The number of benzene rings is 2. The molecule has 1 heterocycles. The van der Waals surface area contributed by atoms with Crippen LogP contribution in [0.4, 0.5) is 13.9 Å². The van der Waals surface area contributed by atoms with Crippen LogP contribution < -0.4 is 5.32 Å². The molecule has 3 aromatic rings. The number of carbonyl (C=O) groups excluding carboxylic acids is 1. The minimum Gasteiger partial charge on any atom is -0.302 e. The van der Waals surface area contributed by atoms with Gasteiger partial charge in [-0.15, -0.1) is 11.3 Å². The van der Waals surface area contributed by atoms with Gasteiger partial charge in [0.15, 0.2) is 5.13 Å². The van der Waals surface area contributed by atoms with E-state index < -0.39 is 0 Å². The highest BCUT2D eigenvalue weighted by Gasteiger charge is 2.12. The van der Waals surface area contributed by atoms with Gasteiger partial charge in [0.1, 0.15) is 11.6 Å². The highest BCUT2D eigenvalue weighted by atomic mass is 32.1. The van der Waals surface area contributed by atoms with Gasteiger partial charge in [-0.1, -0.05) is 12.1 Å². The Hall–Kier alpha value is -2.60. The number of anilines is 1. The lowest BCUT2D eigenvalue weighted by Gasteiger charge is -2.02. The Morgan fingerprint density at radius 1 is 1.04 bits per heavy atom. The fourth-order valence-electron chi connectivity index (χ4n) is 2.28. The second kappa shape index (κ2) is 6.88. The molecule has 3 nitrogen and oxygen atoms in total. The molecule has 0 aliphatic rings. The van der Waals surface area contributed by atoms with Crippen LogP contribution in [0.5, 0.6) is 0 Å². The summed E-state index contributed by atoms with van der Waals surface area (Å²) in [6, 6.07) is 11.9. The topological polar surface area (TPSA) is 42.0 Å². The predicted molar refractivity (Wildman–Crippen MR) is 91.0 cm³/mol. The first kappa shape index (κ1) is 16.3. The monoisotopic (exact) mass is 344 g/mol. The van der Waals surface area contributed by atoms with E-state index in [2.05, 4.69) is 10.3 Å². The van der Waals surface area contributed by atoms with Gasteiger partial charge in [-0.05, 0) is 48.9 Å². The molecule has 1 amide bonds. The summed E-state index contributed by atoms with van der Waals surface area (Å²) in [5.74, 6) is -0.862. The van der Waals surface area contributed by atoms with E-state index in [0.29, 0.717) is 5.13 Å². The van der Waals surface area contributed by atoms with Gasteiger partial charge in [-0.25, -0.2) is 13.8 Å². The average molecular weight is 344 g/mol. The molecule has 0 saturated heterocycles. The first-order valence-corrected chi connectivity index (χ1v) is 8.10. The lowest BCUT2D eigenvalue weighted by molar-refractivity contribution is -0.115. The van der Waals surface area contributed by atoms with E-state index in [1.54, 1.807) is 24.3 Å². The highest BCUT2D eigenvalue weighted by Crippen LogP contribution is 2.30. The Morgan fingerprint density at radius 3 is 2.25 bits per heavy atom. The van der Waals surface area contributed by atoms with E-state index in [0.717, 1.165) is 21.7 Å². The molecule has 0 bridgehead atoms. The number of nitrogens with zero attached hydrogens (tertiary/aromatic N) is 1. The number of amides is 1. The zero-order valence-corrected chi connectivity index (χ0v) is 13.7. The number of nitrogens with one attached hydrogen (secondary N) is 1. The summed E-state index contributed by atoms with van der Waals surface area (Å²) in [7, 11) is 0. The van der Waals surface area contributed by atoms with Crippen molar-refractivity contribution in [3.8, 4) is 11.3 Å². The van der Waals surface area contributed by atoms with Crippen LogP contribution in [-0.2, 0) is 11.2 Å². The Bertz CT molecular complexity index is 858. The predicted octanol–water partition coefficient (Wildman–Crippen LogP) is 4.58. The van der Waals surface area contributed by atoms with Crippen molar-refractivity contribution in [1.29, 1.82) is 0 Å². The third kappa shape index (κ3) is 3.83. The number of hydrogen-bond acceptors (Lipinski definition) is 3. The standard InChI is InChI=1S/C18H14F2N2OS/c1-11-17(13-4-8-15(20)9-5-13)22-18(24-11)21-16(23)10-12-2-6-14(19)7-3-12/h2-9H,10H2,1H3,(H,21,22,23). The van der Waals surface area contributed by atoms with Gasteiger partial charge < -0.3 is 5.32 Å². The summed E-state index contributed by atoms with van der Waals surface area (Å²) in [5, 5.41) is 3.23. The number of aryl methyl sites for hydroxylation is 1. The molecule has 0 aliphatic carbocycles. The highest BCUT2D eigenvalue weighted by molar-refractivity contribution is 7.16. The van der Waals surface area contributed by atoms with Crippen LogP contribution in [0.15, 0.2) is 48.5 Å². The van der Waals surface area contributed by atoms with Gasteiger partial charge in [-0.3, -0.25) is 4.79 Å². The van der Waals surface area contributed by atoms with Crippen LogP contribution in [0.2, 0.25) is 0 Å². The smallest absolute Gasteiger partial charge is 0.230 e. The molecule has 1 aromatic heterocycles. The first-order valence-electron chi connectivity index (χ1n) is 7.29. The Morgan fingerprint density at radius 2 is 1.62 bits per heavy atom. The van der Waals surface area contributed by atoms with Gasteiger partial charge in [-0.2, -0.15) is 0 Å². The zero-order valence-electron chi connectivity index (χ0n) is 12.8. The number of carbonyl (C=O) groups is 1. The fraction of sp³-hybridized carbons (Fsp3) is 0.111. The van der Waals surface area contributed by atoms with Crippen molar-refractivity contribution >= 4 is 22.4 Å². The number of aromatic nitrogens is 1. The molecule has 122 valence electrons. The molecule has 1 N–H and O–H groups in total. The SMILES string of the molecule is Cc1sc(NC(=O)Cc2ccc(F)cc2)nc1-c1ccc(F)cc1. The maximum Gasteiger partial charge on any atom is 0.230 e. The molecule has 0 aliphatic heterocycles. The molecule has 0 unspecified atom stereocenters. The van der Waals surface area contributed by atoms with E-state index in [1.807, 2.05) is 6.92 Å². The van der Waals surface area contributed by atoms with Crippen LogP contribution in [0.1, 0.15) is 10.4 Å². The Balaban J connectivity index is 1.71. The molecule has 2 aromatic carbocycles. The average Bonchev–Trinajstić information content (AvgIpc) is 2.90. The summed E-state index contributed by atoms with van der Waals surface area (Å²) >= 11 is 1.36. The van der Waals surface area contributed by atoms with Crippen LogP contribution in [0.25, 0.3) is 11.3 Å². The zero-order chi connectivity index (χ0) is 17.1. The van der Waals surface area contributed by atoms with Crippen molar-refractivity contribution in [2.24, 2.45) is 0 Å². The summed E-state index contributed by atoms with van der Waals surface area (Å²) in [5.41, 5.74) is 2.24. The molecule has 24 heavy (non-hydrogen) atoms. The van der Waals surface area contributed by atoms with Crippen LogP contribution in [0, 0.1) is 18.6 Å². The maximum absolute atomic E-state index is 13.0. The minimum atomic E-state index is -0.335. The summed E-state index contributed by atoms with van der Waals surface area (Å²) in [4.78, 5) is 17.4. The quantitative estimate of drug-likeness (QED) is 0.753. The molecule has 0 spiro atoms. The fourth-order valence-corrected chi connectivity index (χ4v) is 3.13. The summed E-state index contributed by atoms with van der Waals surface area (Å²) in [6.07, 6.45) is 0.144. The van der Waals surface area contributed by atoms with E-state index in [4.69, 9.17) is 0 Å². The normalized spacial score (nSPS) is 10.6. The first-order chi connectivity index (χ1) is 11.5. The van der Waals surface area contributed by atoms with Crippen molar-refractivity contribution in [1.82, 2.24) is 4.98 Å². The Labute approximate surface area is 142 Å². The van der Waals surface area contributed by atoms with Gasteiger partial charge in [0, 0.05) is 10.4 Å². The largest absolute Gasteiger partial charge is 0.302 e. The number of halogens is 2.